The number of ether oxygens (including phenoxy) is 2. The van der Waals surface area contributed by atoms with E-state index in [1.807, 2.05) is 60.4 Å². The number of nitrogens with one attached hydrogen (secondary N) is 1. The molecule has 34 heavy (non-hydrogen) atoms. The molecule has 1 heterocycles. The van der Waals surface area contributed by atoms with Crippen LogP contribution in [0.5, 0.6) is 5.75 Å². The lowest BCUT2D eigenvalue weighted by atomic mass is 10.1. The lowest BCUT2D eigenvalue weighted by Gasteiger charge is -2.36. The number of carbonyl (C=O) groups excluding carboxylic acids is 2. The first-order chi connectivity index (χ1) is 16.5. The lowest BCUT2D eigenvalue weighted by molar-refractivity contribution is 0.155. The summed E-state index contributed by atoms with van der Waals surface area (Å²) in [5, 5.41) is 2.75. The van der Waals surface area contributed by atoms with E-state index in [-0.39, 0.29) is 12.6 Å². The van der Waals surface area contributed by atoms with E-state index in [9.17, 15) is 9.59 Å². The Morgan fingerprint density at radius 3 is 2.53 bits per heavy atom. The standard InChI is InChI=1S/C27H29N3O4/c1-20-8-6-11-22(16-20)18-29-14-7-15-30(27(29)32)24-17-23(12-13-25(24)33-2)28-26(31)34-19-21-9-4-3-5-10-21/h3-6,8-13,16-17H,7,14-15,18-19H2,1-2H3,(H,28,31). The second kappa shape index (κ2) is 10.7. The summed E-state index contributed by atoms with van der Waals surface area (Å²) in [6.45, 7) is 4.02. The van der Waals surface area contributed by atoms with E-state index in [0.29, 0.717) is 36.8 Å². The van der Waals surface area contributed by atoms with Crippen LogP contribution in [0.4, 0.5) is 21.0 Å². The average Bonchev–Trinajstić information content (AvgIpc) is 2.85. The maximum atomic E-state index is 13.4. The fourth-order valence-electron chi connectivity index (χ4n) is 4.04. The van der Waals surface area contributed by atoms with Crippen molar-refractivity contribution < 1.29 is 19.1 Å². The molecular formula is C27H29N3O4. The summed E-state index contributed by atoms with van der Waals surface area (Å²) in [7, 11) is 1.57. The van der Waals surface area contributed by atoms with Crippen LogP contribution in [0.1, 0.15) is 23.1 Å². The van der Waals surface area contributed by atoms with Crippen molar-refractivity contribution in [3.63, 3.8) is 0 Å². The quantitative estimate of drug-likeness (QED) is 0.500. The van der Waals surface area contributed by atoms with Gasteiger partial charge in [0, 0.05) is 25.3 Å². The average molecular weight is 460 g/mol. The van der Waals surface area contributed by atoms with Gasteiger partial charge in [0.25, 0.3) is 0 Å². The number of methoxy groups -OCH3 is 1. The van der Waals surface area contributed by atoms with Crippen molar-refractivity contribution >= 4 is 23.5 Å². The zero-order valence-electron chi connectivity index (χ0n) is 19.5. The van der Waals surface area contributed by atoms with Crippen LogP contribution in [0.15, 0.2) is 72.8 Å². The highest BCUT2D eigenvalue weighted by Crippen LogP contribution is 2.34. The van der Waals surface area contributed by atoms with Gasteiger partial charge in [0.15, 0.2) is 0 Å². The number of rotatable bonds is 7. The van der Waals surface area contributed by atoms with E-state index in [0.717, 1.165) is 17.5 Å². The predicted octanol–water partition coefficient (Wildman–Crippen LogP) is 5.58. The highest BCUT2D eigenvalue weighted by atomic mass is 16.5. The molecule has 176 valence electrons. The van der Waals surface area contributed by atoms with E-state index in [2.05, 4.69) is 11.4 Å². The number of aryl methyl sites for hydroxylation is 1. The van der Waals surface area contributed by atoms with E-state index in [1.54, 1.807) is 30.2 Å². The van der Waals surface area contributed by atoms with E-state index < -0.39 is 6.09 Å². The first-order valence-corrected chi connectivity index (χ1v) is 11.3. The van der Waals surface area contributed by atoms with E-state index >= 15 is 0 Å². The predicted molar refractivity (Wildman–Crippen MR) is 132 cm³/mol. The Hall–Kier alpha value is -4.00. The molecule has 0 aliphatic carbocycles. The summed E-state index contributed by atoms with van der Waals surface area (Å²) < 4.78 is 10.8. The fourth-order valence-corrected chi connectivity index (χ4v) is 4.04. The largest absolute Gasteiger partial charge is 0.495 e. The summed E-state index contributed by atoms with van der Waals surface area (Å²) in [6.07, 6.45) is 0.267. The van der Waals surface area contributed by atoms with Gasteiger partial charge < -0.3 is 14.4 Å². The molecule has 3 aromatic carbocycles. The second-order valence-electron chi connectivity index (χ2n) is 8.27. The van der Waals surface area contributed by atoms with Crippen molar-refractivity contribution in [2.45, 2.75) is 26.5 Å². The summed E-state index contributed by atoms with van der Waals surface area (Å²) >= 11 is 0. The minimum Gasteiger partial charge on any atom is -0.495 e. The number of carbonyl (C=O) groups is 2. The normalized spacial score (nSPS) is 13.5. The van der Waals surface area contributed by atoms with Crippen LogP contribution in [0.25, 0.3) is 0 Å². The summed E-state index contributed by atoms with van der Waals surface area (Å²) in [5.41, 5.74) is 4.30. The van der Waals surface area contributed by atoms with E-state index in [4.69, 9.17) is 9.47 Å². The number of hydrogen-bond donors (Lipinski definition) is 1. The van der Waals surface area contributed by atoms with Gasteiger partial charge in [-0.25, -0.2) is 9.59 Å². The number of benzene rings is 3. The molecule has 4 rings (SSSR count). The molecule has 1 fully saturated rings. The number of anilines is 2. The molecule has 3 amide bonds. The van der Waals surface area contributed by atoms with Crippen LogP contribution in [0, 0.1) is 6.92 Å². The van der Waals surface area contributed by atoms with Crippen molar-refractivity contribution in [2.75, 3.05) is 30.4 Å². The minimum atomic E-state index is -0.564. The number of nitrogens with zero attached hydrogens (tertiary/aromatic N) is 2. The SMILES string of the molecule is COc1ccc(NC(=O)OCc2ccccc2)cc1N1CCCN(Cc2cccc(C)c2)C1=O. The molecule has 0 unspecified atom stereocenters. The van der Waals surface area contributed by atoms with Crippen molar-refractivity contribution in [3.05, 3.63) is 89.5 Å². The first-order valence-electron chi connectivity index (χ1n) is 11.3. The molecular weight excluding hydrogens is 430 g/mol. The lowest BCUT2D eigenvalue weighted by Crippen LogP contribution is -2.49. The molecule has 0 bridgehead atoms. The third-order valence-electron chi connectivity index (χ3n) is 5.70. The molecule has 7 heteroatoms. The second-order valence-corrected chi connectivity index (χ2v) is 8.27. The zero-order valence-corrected chi connectivity index (χ0v) is 19.5. The van der Waals surface area contributed by atoms with Crippen molar-refractivity contribution in [3.8, 4) is 5.75 Å². The highest BCUT2D eigenvalue weighted by molar-refractivity contribution is 5.96. The van der Waals surface area contributed by atoms with Gasteiger partial charge in [-0.3, -0.25) is 10.2 Å². The van der Waals surface area contributed by atoms with Gasteiger partial charge in [0.05, 0.1) is 12.8 Å². The molecule has 0 spiro atoms. The molecule has 0 atom stereocenters. The van der Waals surface area contributed by atoms with Crippen LogP contribution in [0.3, 0.4) is 0 Å². The molecule has 1 aliphatic rings. The number of amides is 3. The van der Waals surface area contributed by atoms with Gasteiger partial charge in [-0.1, -0.05) is 60.2 Å². The third kappa shape index (κ3) is 5.67. The van der Waals surface area contributed by atoms with Gasteiger partial charge in [0.1, 0.15) is 12.4 Å². The van der Waals surface area contributed by atoms with Gasteiger partial charge in [-0.2, -0.15) is 0 Å². The Labute approximate surface area is 199 Å². The molecule has 1 N–H and O–H groups in total. The Balaban J connectivity index is 1.47. The van der Waals surface area contributed by atoms with Crippen LogP contribution in [0.2, 0.25) is 0 Å². The fraction of sp³-hybridized carbons (Fsp3) is 0.259. The van der Waals surface area contributed by atoms with E-state index in [1.165, 1.54) is 5.56 Å². The van der Waals surface area contributed by atoms with Gasteiger partial charge in [0.2, 0.25) is 0 Å². The van der Waals surface area contributed by atoms with Crippen LogP contribution < -0.4 is 15.0 Å². The molecule has 0 saturated carbocycles. The number of urea groups is 1. The van der Waals surface area contributed by atoms with Crippen molar-refractivity contribution in [1.82, 2.24) is 4.90 Å². The van der Waals surface area contributed by atoms with Crippen LogP contribution in [-0.4, -0.2) is 37.2 Å². The molecule has 7 nitrogen and oxygen atoms in total. The summed E-state index contributed by atoms with van der Waals surface area (Å²) in [5.74, 6) is 0.564. The first kappa shape index (κ1) is 23.2. The highest BCUT2D eigenvalue weighted by Gasteiger charge is 2.29. The smallest absolute Gasteiger partial charge is 0.411 e. The zero-order chi connectivity index (χ0) is 23.9. The molecule has 0 radical (unpaired) electrons. The van der Waals surface area contributed by atoms with Crippen molar-refractivity contribution in [1.29, 1.82) is 0 Å². The molecule has 0 aromatic heterocycles. The number of hydrogen-bond acceptors (Lipinski definition) is 4. The Bertz CT molecular complexity index is 1150. The summed E-state index contributed by atoms with van der Waals surface area (Å²) in [6, 6.07) is 22.8. The van der Waals surface area contributed by atoms with Gasteiger partial charge in [-0.05, 0) is 42.7 Å². The summed E-state index contributed by atoms with van der Waals surface area (Å²) in [4.78, 5) is 29.2. The van der Waals surface area contributed by atoms with Crippen LogP contribution >= 0.6 is 0 Å². The Kier molecular flexibility index (Phi) is 7.32. The Morgan fingerprint density at radius 1 is 0.971 bits per heavy atom. The van der Waals surface area contributed by atoms with Crippen molar-refractivity contribution in [2.24, 2.45) is 0 Å². The topological polar surface area (TPSA) is 71.1 Å². The monoisotopic (exact) mass is 459 g/mol. The van der Waals surface area contributed by atoms with Gasteiger partial charge in [-0.15, -0.1) is 0 Å². The maximum absolute atomic E-state index is 13.4. The Morgan fingerprint density at radius 2 is 1.76 bits per heavy atom. The van der Waals surface area contributed by atoms with Crippen LogP contribution in [-0.2, 0) is 17.9 Å². The molecule has 1 saturated heterocycles. The minimum absolute atomic E-state index is 0.0881. The third-order valence-corrected chi connectivity index (χ3v) is 5.70. The molecule has 1 aliphatic heterocycles. The molecule has 3 aromatic rings. The van der Waals surface area contributed by atoms with Gasteiger partial charge >= 0.3 is 12.1 Å². The maximum Gasteiger partial charge on any atom is 0.411 e.